The average molecular weight is 321 g/mol. The largest absolute Gasteiger partial charge is 0.490 e. The monoisotopic (exact) mass is 321 g/mol. The third kappa shape index (κ3) is 5.90. The number of amides is 1. The highest BCUT2D eigenvalue weighted by molar-refractivity contribution is 5.94. The first-order chi connectivity index (χ1) is 11.0. The Bertz CT molecular complexity index is 522. The van der Waals surface area contributed by atoms with Crippen molar-refractivity contribution >= 4 is 11.9 Å². The van der Waals surface area contributed by atoms with Crippen LogP contribution < -0.4 is 10.1 Å². The van der Waals surface area contributed by atoms with Crippen LogP contribution in [0.1, 0.15) is 43.0 Å². The molecule has 0 radical (unpaired) electrons. The summed E-state index contributed by atoms with van der Waals surface area (Å²) in [4.78, 5) is 22.6. The van der Waals surface area contributed by atoms with Crippen molar-refractivity contribution in [1.29, 1.82) is 0 Å². The van der Waals surface area contributed by atoms with Crippen LogP contribution in [0.3, 0.4) is 0 Å². The molecule has 1 fully saturated rings. The van der Waals surface area contributed by atoms with Crippen LogP contribution in [0.5, 0.6) is 5.75 Å². The van der Waals surface area contributed by atoms with Gasteiger partial charge in [0.15, 0.2) is 0 Å². The molecule has 1 heterocycles. The van der Waals surface area contributed by atoms with Crippen molar-refractivity contribution in [3.05, 3.63) is 29.8 Å². The van der Waals surface area contributed by atoms with E-state index in [0.29, 0.717) is 12.0 Å². The number of rotatable bonds is 7. The van der Waals surface area contributed by atoms with Crippen molar-refractivity contribution in [3.63, 3.8) is 0 Å². The minimum Gasteiger partial charge on any atom is -0.490 e. The number of hydrogen-bond donors (Lipinski definition) is 2. The molecule has 0 spiro atoms. The van der Waals surface area contributed by atoms with Crippen molar-refractivity contribution in [2.45, 2.75) is 44.8 Å². The lowest BCUT2D eigenvalue weighted by Gasteiger charge is -2.23. The fraction of sp³-hybridized carbons (Fsp3) is 0.529. The molecule has 6 nitrogen and oxygen atoms in total. The van der Waals surface area contributed by atoms with E-state index in [1.807, 2.05) is 0 Å². The van der Waals surface area contributed by atoms with E-state index in [4.69, 9.17) is 14.6 Å². The van der Waals surface area contributed by atoms with Crippen molar-refractivity contribution in [1.82, 2.24) is 5.32 Å². The summed E-state index contributed by atoms with van der Waals surface area (Å²) in [6.07, 6.45) is 2.37. The van der Waals surface area contributed by atoms with E-state index >= 15 is 0 Å². The van der Waals surface area contributed by atoms with Gasteiger partial charge in [0.2, 0.25) is 0 Å². The summed E-state index contributed by atoms with van der Waals surface area (Å²) in [6, 6.07) is 6.82. The number of aliphatic carboxylic acids is 1. The molecule has 1 saturated heterocycles. The van der Waals surface area contributed by atoms with Crippen LogP contribution >= 0.6 is 0 Å². The van der Waals surface area contributed by atoms with Crippen LogP contribution in [0.2, 0.25) is 0 Å². The lowest BCUT2D eigenvalue weighted by Crippen LogP contribution is -2.32. The fourth-order valence-corrected chi connectivity index (χ4v) is 2.39. The second kappa shape index (κ2) is 8.53. The number of benzene rings is 1. The summed E-state index contributed by atoms with van der Waals surface area (Å²) >= 11 is 0. The topological polar surface area (TPSA) is 84.9 Å². The van der Waals surface area contributed by atoms with Crippen molar-refractivity contribution in [2.24, 2.45) is 0 Å². The van der Waals surface area contributed by atoms with E-state index in [-0.39, 0.29) is 24.5 Å². The van der Waals surface area contributed by atoms with E-state index < -0.39 is 5.97 Å². The molecule has 0 aliphatic carbocycles. The van der Waals surface area contributed by atoms with Gasteiger partial charge in [-0.05, 0) is 37.6 Å². The number of ether oxygens (including phenoxy) is 2. The van der Waals surface area contributed by atoms with Crippen LogP contribution in [-0.4, -0.2) is 42.3 Å². The molecule has 1 aromatic carbocycles. The lowest BCUT2D eigenvalue weighted by atomic mass is 10.1. The molecule has 2 N–H and O–H groups in total. The molecule has 126 valence electrons. The third-order valence-corrected chi connectivity index (χ3v) is 3.76. The number of nitrogens with one attached hydrogen (secondary N) is 1. The van der Waals surface area contributed by atoms with Crippen LogP contribution in [-0.2, 0) is 9.53 Å². The zero-order chi connectivity index (χ0) is 16.7. The molecule has 1 aliphatic heterocycles. The van der Waals surface area contributed by atoms with E-state index in [1.165, 1.54) is 0 Å². The first kappa shape index (κ1) is 17.3. The Labute approximate surface area is 135 Å². The van der Waals surface area contributed by atoms with Gasteiger partial charge in [-0.25, -0.2) is 0 Å². The van der Waals surface area contributed by atoms with E-state index in [2.05, 4.69) is 5.32 Å². The zero-order valence-electron chi connectivity index (χ0n) is 13.3. The van der Waals surface area contributed by atoms with Gasteiger partial charge in [-0.3, -0.25) is 9.59 Å². The van der Waals surface area contributed by atoms with Gasteiger partial charge < -0.3 is 19.9 Å². The molecule has 23 heavy (non-hydrogen) atoms. The molecular formula is C17H23NO5. The molecule has 1 aromatic rings. The molecule has 0 saturated carbocycles. The molecule has 0 bridgehead atoms. The minimum atomic E-state index is -0.860. The predicted octanol–water partition coefficient (Wildman–Crippen LogP) is 2.23. The van der Waals surface area contributed by atoms with Gasteiger partial charge in [0.05, 0.1) is 13.2 Å². The summed E-state index contributed by atoms with van der Waals surface area (Å²) in [5.74, 6) is -0.325. The second-order valence-corrected chi connectivity index (χ2v) is 5.76. The van der Waals surface area contributed by atoms with E-state index in [9.17, 15) is 9.59 Å². The van der Waals surface area contributed by atoms with Gasteiger partial charge in [0, 0.05) is 30.9 Å². The number of hydrogen-bond acceptors (Lipinski definition) is 4. The van der Waals surface area contributed by atoms with Crippen LogP contribution in [0.15, 0.2) is 24.3 Å². The van der Waals surface area contributed by atoms with Crippen molar-refractivity contribution in [2.75, 3.05) is 13.2 Å². The summed E-state index contributed by atoms with van der Waals surface area (Å²) in [6.45, 7) is 3.24. The maximum atomic E-state index is 12.1. The maximum Gasteiger partial charge on any atom is 0.303 e. The first-order valence-corrected chi connectivity index (χ1v) is 7.91. The molecule has 1 amide bonds. The van der Waals surface area contributed by atoms with Gasteiger partial charge in [-0.2, -0.15) is 0 Å². The van der Waals surface area contributed by atoms with Crippen LogP contribution in [0, 0.1) is 0 Å². The first-order valence-electron chi connectivity index (χ1n) is 7.91. The molecule has 2 rings (SSSR count). The van der Waals surface area contributed by atoms with E-state index in [1.54, 1.807) is 31.2 Å². The number of carboxylic acids is 1. The Morgan fingerprint density at radius 3 is 2.57 bits per heavy atom. The molecule has 1 atom stereocenters. The Balaban J connectivity index is 1.83. The minimum absolute atomic E-state index is 0.0410. The van der Waals surface area contributed by atoms with Crippen LogP contribution in [0.4, 0.5) is 0 Å². The smallest absolute Gasteiger partial charge is 0.303 e. The Morgan fingerprint density at radius 1 is 1.30 bits per heavy atom. The Hall–Kier alpha value is -2.08. The standard InChI is InChI=1S/C17H23NO5/c1-12(2-7-16(19)20)18-17(21)13-3-5-14(6-4-13)23-15-8-10-22-11-9-15/h3-6,12,15H,2,7-11H2,1H3,(H,18,21)(H,19,20). The Kier molecular flexibility index (Phi) is 6.40. The fourth-order valence-electron chi connectivity index (χ4n) is 2.39. The van der Waals surface area contributed by atoms with Crippen LogP contribution in [0.25, 0.3) is 0 Å². The van der Waals surface area contributed by atoms with Gasteiger partial charge >= 0.3 is 5.97 Å². The van der Waals surface area contributed by atoms with Gasteiger partial charge in [-0.1, -0.05) is 0 Å². The predicted molar refractivity (Wildman–Crippen MR) is 84.7 cm³/mol. The normalized spacial score (nSPS) is 16.6. The van der Waals surface area contributed by atoms with Crippen molar-refractivity contribution < 1.29 is 24.2 Å². The SMILES string of the molecule is CC(CCC(=O)O)NC(=O)c1ccc(OC2CCOCC2)cc1. The Morgan fingerprint density at radius 2 is 1.96 bits per heavy atom. The van der Waals surface area contributed by atoms with Gasteiger partial charge in [0.1, 0.15) is 11.9 Å². The molecule has 1 unspecified atom stereocenters. The number of carboxylic acid groups (broad SMARTS) is 1. The molecule has 1 aliphatic rings. The second-order valence-electron chi connectivity index (χ2n) is 5.76. The quantitative estimate of drug-likeness (QED) is 0.804. The zero-order valence-corrected chi connectivity index (χ0v) is 13.3. The highest BCUT2D eigenvalue weighted by Gasteiger charge is 2.16. The highest BCUT2D eigenvalue weighted by Crippen LogP contribution is 2.18. The molecule has 6 heteroatoms. The third-order valence-electron chi connectivity index (χ3n) is 3.76. The maximum absolute atomic E-state index is 12.1. The average Bonchev–Trinajstić information content (AvgIpc) is 2.54. The van der Waals surface area contributed by atoms with Gasteiger partial charge in [0.25, 0.3) is 5.91 Å². The summed E-state index contributed by atoms with van der Waals surface area (Å²) in [5, 5.41) is 11.4. The van der Waals surface area contributed by atoms with Crippen molar-refractivity contribution in [3.8, 4) is 5.75 Å². The lowest BCUT2D eigenvalue weighted by molar-refractivity contribution is -0.137. The number of carbonyl (C=O) groups is 2. The van der Waals surface area contributed by atoms with Gasteiger partial charge in [-0.15, -0.1) is 0 Å². The molecule has 0 aromatic heterocycles. The van der Waals surface area contributed by atoms with E-state index in [0.717, 1.165) is 31.8 Å². The molecular weight excluding hydrogens is 298 g/mol. The summed E-state index contributed by atoms with van der Waals surface area (Å²) < 4.78 is 11.1. The summed E-state index contributed by atoms with van der Waals surface area (Å²) in [5.41, 5.74) is 0.534. The number of carbonyl (C=O) groups excluding carboxylic acids is 1. The highest BCUT2D eigenvalue weighted by atomic mass is 16.5. The summed E-state index contributed by atoms with van der Waals surface area (Å²) in [7, 11) is 0.